The van der Waals surface area contributed by atoms with E-state index in [1.54, 1.807) is 25.1 Å². The predicted octanol–water partition coefficient (Wildman–Crippen LogP) is 2.99. The molecule has 2 N–H and O–H groups in total. The van der Waals surface area contributed by atoms with Crippen LogP contribution in [0.3, 0.4) is 0 Å². The molecule has 0 saturated carbocycles. The zero-order valence-electron chi connectivity index (χ0n) is 15.2. The second-order valence-corrected chi connectivity index (χ2v) is 7.76. The molecule has 0 aliphatic heterocycles. The van der Waals surface area contributed by atoms with Crippen LogP contribution in [0.2, 0.25) is 5.02 Å². The number of sulfonamides is 1. The van der Waals surface area contributed by atoms with Gasteiger partial charge < -0.3 is 10.1 Å². The van der Waals surface area contributed by atoms with Gasteiger partial charge in [-0.2, -0.15) is 0 Å². The topological polar surface area (TPSA) is 102 Å². The quantitative estimate of drug-likeness (QED) is 0.223. The SMILES string of the molecule is CCOC(=O)C(=CNc1ccc(S(=O)(=O)NC)cc1)C(=O)c1ccccc1Cl. The summed E-state index contributed by atoms with van der Waals surface area (Å²) in [5, 5.41) is 3.02. The van der Waals surface area contributed by atoms with Gasteiger partial charge in [-0.25, -0.2) is 17.9 Å². The number of hydrogen-bond acceptors (Lipinski definition) is 6. The molecular weight excluding hydrogens is 404 g/mol. The van der Waals surface area contributed by atoms with Crippen LogP contribution in [0, 0.1) is 0 Å². The van der Waals surface area contributed by atoms with Crippen molar-refractivity contribution < 1.29 is 22.7 Å². The van der Waals surface area contributed by atoms with E-state index in [-0.39, 0.29) is 27.7 Å². The monoisotopic (exact) mass is 422 g/mol. The van der Waals surface area contributed by atoms with E-state index in [0.717, 1.165) is 0 Å². The van der Waals surface area contributed by atoms with Crippen molar-refractivity contribution in [2.75, 3.05) is 19.0 Å². The molecule has 0 aliphatic rings. The Hall–Kier alpha value is -2.68. The van der Waals surface area contributed by atoms with Crippen molar-refractivity contribution in [2.24, 2.45) is 0 Å². The summed E-state index contributed by atoms with van der Waals surface area (Å²) in [6, 6.07) is 12.2. The molecule has 2 aromatic carbocycles. The lowest BCUT2D eigenvalue weighted by Gasteiger charge is -2.09. The first-order valence-corrected chi connectivity index (χ1v) is 10.1. The minimum Gasteiger partial charge on any atom is -0.462 e. The highest BCUT2D eigenvalue weighted by atomic mass is 35.5. The number of carbonyl (C=O) groups excluding carboxylic acids is 2. The standard InChI is InChI=1S/C19H19ClN2O5S/c1-3-27-19(24)16(18(23)15-6-4-5-7-17(15)20)12-22-13-8-10-14(11-9-13)28(25,26)21-2/h4-12,21-22H,3H2,1-2H3. The maximum atomic E-state index is 12.7. The zero-order chi connectivity index (χ0) is 20.7. The number of halogens is 1. The molecule has 0 fully saturated rings. The Labute approximate surface area is 168 Å². The Morgan fingerprint density at radius 1 is 1.11 bits per heavy atom. The maximum absolute atomic E-state index is 12.7. The normalized spacial score (nSPS) is 11.8. The van der Waals surface area contributed by atoms with Crippen molar-refractivity contribution in [2.45, 2.75) is 11.8 Å². The average molecular weight is 423 g/mol. The molecular formula is C19H19ClN2O5S. The molecule has 0 spiro atoms. The summed E-state index contributed by atoms with van der Waals surface area (Å²) in [5.74, 6) is -1.39. The third-order valence-corrected chi connectivity index (χ3v) is 5.43. The van der Waals surface area contributed by atoms with Gasteiger partial charge in [0.1, 0.15) is 5.57 Å². The van der Waals surface area contributed by atoms with Gasteiger partial charge in [0.15, 0.2) is 0 Å². The van der Waals surface area contributed by atoms with Gasteiger partial charge in [-0.15, -0.1) is 0 Å². The van der Waals surface area contributed by atoms with Crippen molar-refractivity contribution in [3.63, 3.8) is 0 Å². The van der Waals surface area contributed by atoms with Gasteiger partial charge in [0.25, 0.3) is 0 Å². The molecule has 9 heteroatoms. The second kappa shape index (κ2) is 9.50. The number of rotatable bonds is 8. The Kier molecular flexibility index (Phi) is 7.33. The highest BCUT2D eigenvalue weighted by Gasteiger charge is 2.23. The van der Waals surface area contributed by atoms with E-state index in [0.29, 0.717) is 5.69 Å². The largest absolute Gasteiger partial charge is 0.462 e. The lowest BCUT2D eigenvalue weighted by Crippen LogP contribution is -2.18. The van der Waals surface area contributed by atoms with Gasteiger partial charge in [-0.1, -0.05) is 23.7 Å². The summed E-state index contributed by atoms with van der Waals surface area (Å²) < 4.78 is 30.7. The highest BCUT2D eigenvalue weighted by molar-refractivity contribution is 7.89. The smallest absolute Gasteiger partial charge is 0.343 e. The van der Waals surface area contributed by atoms with Crippen LogP contribution in [-0.2, 0) is 19.6 Å². The predicted molar refractivity (Wildman–Crippen MR) is 107 cm³/mol. The fourth-order valence-electron chi connectivity index (χ4n) is 2.22. The van der Waals surface area contributed by atoms with Crippen LogP contribution in [0.15, 0.2) is 65.2 Å². The number of esters is 1. The Balaban J connectivity index is 2.32. The van der Waals surface area contributed by atoms with E-state index in [1.807, 2.05) is 0 Å². The molecule has 0 amide bonds. The van der Waals surface area contributed by atoms with E-state index in [4.69, 9.17) is 16.3 Å². The minimum absolute atomic E-state index is 0.0855. The molecule has 2 rings (SSSR count). The summed E-state index contributed by atoms with van der Waals surface area (Å²) >= 11 is 6.05. The third kappa shape index (κ3) is 5.19. The Morgan fingerprint density at radius 2 is 1.75 bits per heavy atom. The van der Waals surface area contributed by atoms with Crippen molar-refractivity contribution in [3.05, 3.63) is 70.9 Å². The molecule has 0 aliphatic carbocycles. The number of anilines is 1. The lowest BCUT2D eigenvalue weighted by molar-refractivity contribution is -0.138. The van der Waals surface area contributed by atoms with Crippen LogP contribution in [0.1, 0.15) is 17.3 Å². The molecule has 28 heavy (non-hydrogen) atoms. The van der Waals surface area contributed by atoms with E-state index in [1.165, 1.54) is 43.6 Å². The van der Waals surface area contributed by atoms with Gasteiger partial charge in [0, 0.05) is 17.5 Å². The third-order valence-electron chi connectivity index (χ3n) is 3.67. The van der Waals surface area contributed by atoms with E-state index < -0.39 is 21.8 Å². The molecule has 2 aromatic rings. The van der Waals surface area contributed by atoms with Crippen LogP contribution in [0.4, 0.5) is 5.69 Å². The number of Topliss-reactive ketones (excluding diaryl/α,β-unsaturated/α-hetero) is 1. The summed E-state index contributed by atoms with van der Waals surface area (Å²) in [7, 11) is -2.24. The van der Waals surface area contributed by atoms with Crippen LogP contribution in [-0.4, -0.2) is 33.8 Å². The molecule has 0 bridgehead atoms. The lowest BCUT2D eigenvalue weighted by atomic mass is 10.0. The van der Waals surface area contributed by atoms with Crippen molar-refractivity contribution >= 4 is 39.1 Å². The minimum atomic E-state index is -3.56. The average Bonchev–Trinajstić information content (AvgIpc) is 2.69. The van der Waals surface area contributed by atoms with Crippen molar-refractivity contribution in [1.82, 2.24) is 4.72 Å². The number of carbonyl (C=O) groups is 2. The van der Waals surface area contributed by atoms with Crippen LogP contribution >= 0.6 is 11.6 Å². The Morgan fingerprint density at radius 3 is 2.32 bits per heavy atom. The fraction of sp³-hybridized carbons (Fsp3) is 0.158. The van der Waals surface area contributed by atoms with Crippen molar-refractivity contribution in [3.8, 4) is 0 Å². The molecule has 148 valence electrons. The number of benzene rings is 2. The van der Waals surface area contributed by atoms with Crippen LogP contribution < -0.4 is 10.0 Å². The number of ketones is 1. The van der Waals surface area contributed by atoms with E-state index >= 15 is 0 Å². The van der Waals surface area contributed by atoms with E-state index in [2.05, 4.69) is 10.0 Å². The first-order valence-electron chi connectivity index (χ1n) is 8.26. The molecule has 7 nitrogen and oxygen atoms in total. The summed E-state index contributed by atoms with van der Waals surface area (Å²) in [6.07, 6.45) is 1.21. The summed E-state index contributed by atoms with van der Waals surface area (Å²) in [6.45, 7) is 1.73. The first-order chi connectivity index (χ1) is 13.3. The molecule has 0 aromatic heterocycles. The Bertz CT molecular complexity index is 1000. The molecule has 0 saturated heterocycles. The molecule has 0 atom stereocenters. The molecule has 0 radical (unpaired) electrons. The van der Waals surface area contributed by atoms with Crippen LogP contribution in [0.5, 0.6) is 0 Å². The van der Waals surface area contributed by atoms with Gasteiger partial charge in [0.2, 0.25) is 15.8 Å². The van der Waals surface area contributed by atoms with Gasteiger partial charge in [0.05, 0.1) is 16.5 Å². The summed E-state index contributed by atoms with van der Waals surface area (Å²) in [4.78, 5) is 25.1. The second-order valence-electron chi connectivity index (χ2n) is 5.46. The van der Waals surface area contributed by atoms with E-state index in [9.17, 15) is 18.0 Å². The first kappa shape index (κ1) is 21.6. The number of hydrogen-bond donors (Lipinski definition) is 2. The van der Waals surface area contributed by atoms with Gasteiger partial charge in [-0.3, -0.25) is 4.79 Å². The fourth-order valence-corrected chi connectivity index (χ4v) is 3.17. The highest BCUT2D eigenvalue weighted by Crippen LogP contribution is 2.20. The van der Waals surface area contributed by atoms with Crippen molar-refractivity contribution in [1.29, 1.82) is 0 Å². The van der Waals surface area contributed by atoms with Gasteiger partial charge in [-0.05, 0) is 50.4 Å². The van der Waals surface area contributed by atoms with Crippen LogP contribution in [0.25, 0.3) is 0 Å². The zero-order valence-corrected chi connectivity index (χ0v) is 16.8. The number of nitrogens with one attached hydrogen (secondary N) is 2. The summed E-state index contributed by atoms with van der Waals surface area (Å²) in [5.41, 5.74) is 0.409. The van der Waals surface area contributed by atoms with Gasteiger partial charge >= 0.3 is 5.97 Å². The molecule has 0 unspecified atom stereocenters. The number of ether oxygens (including phenoxy) is 1. The molecule has 0 heterocycles. The maximum Gasteiger partial charge on any atom is 0.343 e.